The minimum absolute atomic E-state index is 0.0573. The van der Waals surface area contributed by atoms with Crippen LogP contribution in [0, 0.1) is 0 Å². The van der Waals surface area contributed by atoms with E-state index in [2.05, 4.69) is 5.10 Å². The van der Waals surface area contributed by atoms with Gasteiger partial charge in [0, 0.05) is 12.5 Å². The molecule has 0 fully saturated rings. The van der Waals surface area contributed by atoms with E-state index in [1.807, 2.05) is 27.7 Å². The van der Waals surface area contributed by atoms with Crippen molar-refractivity contribution in [3.63, 3.8) is 0 Å². The zero-order valence-corrected chi connectivity index (χ0v) is 11.1. The summed E-state index contributed by atoms with van der Waals surface area (Å²) in [6, 6.07) is -0.104. The van der Waals surface area contributed by atoms with Gasteiger partial charge in [-0.05, 0) is 27.7 Å². The molecule has 1 unspecified atom stereocenters. The molecular weight excluding hydrogens is 234 g/mol. The van der Waals surface area contributed by atoms with Crippen molar-refractivity contribution < 1.29 is 15.0 Å². The highest BCUT2D eigenvalue weighted by atomic mass is 16.4. The van der Waals surface area contributed by atoms with E-state index in [1.54, 1.807) is 4.68 Å². The van der Waals surface area contributed by atoms with Crippen LogP contribution in [0.3, 0.4) is 0 Å². The molecule has 6 nitrogen and oxygen atoms in total. The lowest BCUT2D eigenvalue weighted by Crippen LogP contribution is -2.42. The van der Waals surface area contributed by atoms with E-state index in [4.69, 9.17) is 5.11 Å². The van der Waals surface area contributed by atoms with E-state index < -0.39 is 6.09 Å². The molecular formula is C12H19N3O3. The van der Waals surface area contributed by atoms with Gasteiger partial charge < -0.3 is 15.1 Å². The van der Waals surface area contributed by atoms with Crippen molar-refractivity contribution in [2.24, 2.45) is 0 Å². The fraction of sp³-hybridized carbons (Fsp3) is 0.667. The van der Waals surface area contributed by atoms with E-state index in [0.717, 1.165) is 5.69 Å². The second-order valence-electron chi connectivity index (χ2n) is 5.80. The summed E-state index contributed by atoms with van der Waals surface area (Å²) in [5.74, 6) is -0.0573. The molecule has 1 aliphatic rings. The average molecular weight is 253 g/mol. The summed E-state index contributed by atoms with van der Waals surface area (Å²) in [4.78, 5) is 12.4. The fourth-order valence-corrected chi connectivity index (χ4v) is 2.37. The third-order valence-corrected chi connectivity index (χ3v) is 3.30. The quantitative estimate of drug-likeness (QED) is 0.738. The average Bonchev–Trinajstić information content (AvgIpc) is 2.53. The van der Waals surface area contributed by atoms with Crippen LogP contribution in [0.5, 0.6) is 5.88 Å². The molecule has 0 radical (unpaired) electrons. The van der Waals surface area contributed by atoms with Gasteiger partial charge in [-0.25, -0.2) is 4.79 Å². The van der Waals surface area contributed by atoms with Gasteiger partial charge >= 0.3 is 6.09 Å². The molecule has 100 valence electrons. The molecule has 0 aromatic carbocycles. The third-order valence-electron chi connectivity index (χ3n) is 3.30. The predicted octanol–water partition coefficient (Wildman–Crippen LogP) is 1.77. The molecule has 18 heavy (non-hydrogen) atoms. The first-order valence-electron chi connectivity index (χ1n) is 6.01. The molecule has 0 saturated carbocycles. The van der Waals surface area contributed by atoms with Crippen molar-refractivity contribution in [2.45, 2.75) is 52.2 Å². The van der Waals surface area contributed by atoms with Crippen LogP contribution >= 0.6 is 0 Å². The number of hydrogen-bond acceptors (Lipinski definition) is 3. The molecule has 6 heteroatoms. The highest BCUT2D eigenvalue weighted by Crippen LogP contribution is 2.32. The molecule has 2 rings (SSSR count). The summed E-state index contributed by atoms with van der Waals surface area (Å²) in [5, 5.41) is 23.1. The first kappa shape index (κ1) is 12.7. The maximum atomic E-state index is 11.1. The van der Waals surface area contributed by atoms with Crippen molar-refractivity contribution >= 4 is 6.09 Å². The van der Waals surface area contributed by atoms with Gasteiger partial charge in [-0.2, -0.15) is 0 Å². The molecule has 1 atom stereocenters. The lowest BCUT2D eigenvalue weighted by molar-refractivity contribution is 0.117. The number of fused-ring (bicyclic) bond motifs is 1. The van der Waals surface area contributed by atoms with Gasteiger partial charge in [-0.1, -0.05) is 0 Å². The monoisotopic (exact) mass is 253 g/mol. The van der Waals surface area contributed by atoms with Crippen LogP contribution in [0.25, 0.3) is 0 Å². The Kier molecular flexibility index (Phi) is 2.76. The Hall–Kier alpha value is -1.72. The second kappa shape index (κ2) is 3.90. The molecule has 1 aromatic rings. The van der Waals surface area contributed by atoms with Crippen LogP contribution in [0.4, 0.5) is 4.79 Å². The lowest BCUT2D eigenvalue weighted by Gasteiger charge is -2.33. The van der Waals surface area contributed by atoms with Crippen molar-refractivity contribution in [1.29, 1.82) is 0 Å². The highest BCUT2D eigenvalue weighted by molar-refractivity contribution is 5.66. The smallest absolute Gasteiger partial charge is 0.407 e. The molecule has 1 aromatic heterocycles. The van der Waals surface area contributed by atoms with Crippen LogP contribution < -0.4 is 0 Å². The molecule has 1 aliphatic heterocycles. The Morgan fingerprint density at radius 2 is 2.06 bits per heavy atom. The van der Waals surface area contributed by atoms with Crippen LogP contribution in [0.2, 0.25) is 0 Å². The number of amides is 1. The minimum atomic E-state index is -0.962. The van der Waals surface area contributed by atoms with Crippen LogP contribution in [0.15, 0.2) is 0 Å². The Bertz CT molecular complexity index is 487. The topological polar surface area (TPSA) is 78.6 Å². The van der Waals surface area contributed by atoms with Crippen molar-refractivity contribution in [3.8, 4) is 5.88 Å². The van der Waals surface area contributed by atoms with E-state index in [1.165, 1.54) is 4.90 Å². The second-order valence-corrected chi connectivity index (χ2v) is 5.80. The molecule has 0 bridgehead atoms. The van der Waals surface area contributed by atoms with E-state index >= 15 is 0 Å². The predicted molar refractivity (Wildman–Crippen MR) is 65.6 cm³/mol. The van der Waals surface area contributed by atoms with Crippen molar-refractivity contribution in [2.75, 3.05) is 0 Å². The van der Waals surface area contributed by atoms with Gasteiger partial charge in [-0.15, -0.1) is 5.10 Å². The summed E-state index contributed by atoms with van der Waals surface area (Å²) >= 11 is 0. The number of carboxylic acid groups (broad SMARTS) is 1. The number of rotatable bonds is 0. The first-order valence-corrected chi connectivity index (χ1v) is 6.01. The summed E-state index contributed by atoms with van der Waals surface area (Å²) in [7, 11) is 0. The van der Waals surface area contributed by atoms with Gasteiger partial charge in [-0.3, -0.25) is 4.68 Å². The largest absolute Gasteiger partial charge is 0.492 e. The zero-order chi connectivity index (χ0) is 13.7. The molecule has 2 N–H and O–H groups in total. The Morgan fingerprint density at radius 1 is 1.44 bits per heavy atom. The molecule has 0 saturated heterocycles. The van der Waals surface area contributed by atoms with Gasteiger partial charge in [0.15, 0.2) is 0 Å². The van der Waals surface area contributed by atoms with E-state index in [0.29, 0.717) is 12.0 Å². The molecule has 1 amide bonds. The van der Waals surface area contributed by atoms with Gasteiger partial charge in [0.05, 0.1) is 23.3 Å². The maximum absolute atomic E-state index is 11.1. The van der Waals surface area contributed by atoms with Crippen LogP contribution in [-0.2, 0) is 18.5 Å². The maximum Gasteiger partial charge on any atom is 0.407 e. The summed E-state index contributed by atoms with van der Waals surface area (Å²) in [6.45, 7) is 8.09. The Morgan fingerprint density at radius 3 is 2.56 bits per heavy atom. The van der Waals surface area contributed by atoms with Crippen molar-refractivity contribution in [1.82, 2.24) is 14.7 Å². The SMILES string of the molecule is CC1Cc2c(c(O)nn2C(C)(C)C)CN1C(=O)O. The van der Waals surface area contributed by atoms with E-state index in [-0.39, 0.29) is 24.0 Å². The summed E-state index contributed by atoms with van der Waals surface area (Å²) < 4.78 is 1.80. The number of aromatic hydroxyl groups is 1. The lowest BCUT2D eigenvalue weighted by atomic mass is 10.00. The zero-order valence-electron chi connectivity index (χ0n) is 11.1. The van der Waals surface area contributed by atoms with Gasteiger partial charge in [0.1, 0.15) is 0 Å². The molecule has 0 aliphatic carbocycles. The normalized spacial score (nSPS) is 19.8. The summed E-state index contributed by atoms with van der Waals surface area (Å²) in [5.41, 5.74) is 1.34. The number of aromatic nitrogens is 2. The highest BCUT2D eigenvalue weighted by Gasteiger charge is 2.34. The third kappa shape index (κ3) is 1.91. The molecule has 0 spiro atoms. The van der Waals surface area contributed by atoms with Crippen LogP contribution in [0.1, 0.15) is 39.0 Å². The number of carbonyl (C=O) groups is 1. The first-order chi connectivity index (χ1) is 8.21. The van der Waals surface area contributed by atoms with Crippen LogP contribution in [-0.4, -0.2) is 37.0 Å². The van der Waals surface area contributed by atoms with Gasteiger partial charge in [0.25, 0.3) is 0 Å². The Balaban J connectivity index is 2.47. The number of nitrogens with zero attached hydrogens (tertiary/aromatic N) is 3. The summed E-state index contributed by atoms with van der Waals surface area (Å²) in [6.07, 6.45) is -0.386. The van der Waals surface area contributed by atoms with Gasteiger partial charge in [0.2, 0.25) is 5.88 Å². The fourth-order valence-electron chi connectivity index (χ4n) is 2.37. The molecule has 2 heterocycles. The minimum Gasteiger partial charge on any atom is -0.492 e. The van der Waals surface area contributed by atoms with E-state index in [9.17, 15) is 9.90 Å². The number of hydrogen-bond donors (Lipinski definition) is 2. The van der Waals surface area contributed by atoms with Crippen molar-refractivity contribution in [3.05, 3.63) is 11.3 Å². The standard InChI is InChI=1S/C12H19N3O3/c1-7-5-9-8(6-14(7)11(17)18)10(16)13-15(9)12(2,3)4/h7H,5-6H2,1-4H3,(H,13,16)(H,17,18). The Labute approximate surface area is 106 Å².